The lowest BCUT2D eigenvalue weighted by atomic mass is 10.2. The Bertz CT molecular complexity index is 409. The summed E-state index contributed by atoms with van der Waals surface area (Å²) in [5.41, 5.74) is 0.918. The van der Waals surface area contributed by atoms with E-state index >= 15 is 0 Å². The van der Waals surface area contributed by atoms with Crippen LogP contribution in [-0.2, 0) is 4.79 Å². The van der Waals surface area contributed by atoms with E-state index in [1.165, 1.54) is 0 Å². The molecular weight excluding hydrogens is 351 g/mol. The predicted octanol–water partition coefficient (Wildman–Crippen LogP) is 3.27. The normalized spacial score (nSPS) is 12.4. The zero-order valence-corrected chi connectivity index (χ0v) is 13.0. The average molecular weight is 367 g/mol. The van der Waals surface area contributed by atoms with Gasteiger partial charge in [-0.2, -0.15) is 0 Å². The lowest BCUT2D eigenvalue weighted by Gasteiger charge is -2.18. The molecule has 0 aromatic heterocycles. The van der Waals surface area contributed by atoms with Crippen molar-refractivity contribution >= 4 is 45.8 Å². The van der Waals surface area contributed by atoms with Crippen LogP contribution in [0.2, 0.25) is 5.02 Å². The standard InChI is InChI=1S/C12H16ClIN2O/c1-7(2)15-12(17)8(3)16-11-5-4-9(13)6-10(11)14/h4-8,16H,1-3H3,(H,15,17). The molecule has 0 aliphatic carbocycles. The van der Waals surface area contributed by atoms with Gasteiger partial charge in [0, 0.05) is 20.3 Å². The highest BCUT2D eigenvalue weighted by molar-refractivity contribution is 14.1. The molecule has 0 bridgehead atoms. The molecule has 17 heavy (non-hydrogen) atoms. The molecule has 5 heteroatoms. The van der Waals surface area contributed by atoms with Crippen molar-refractivity contribution in [2.75, 3.05) is 5.32 Å². The van der Waals surface area contributed by atoms with Gasteiger partial charge in [0.05, 0.1) is 0 Å². The zero-order valence-electron chi connectivity index (χ0n) is 10.1. The fourth-order valence-electron chi connectivity index (χ4n) is 1.31. The van der Waals surface area contributed by atoms with Crippen molar-refractivity contribution in [3.8, 4) is 0 Å². The van der Waals surface area contributed by atoms with Crippen LogP contribution in [0.5, 0.6) is 0 Å². The minimum atomic E-state index is -0.271. The van der Waals surface area contributed by atoms with E-state index in [2.05, 4.69) is 33.2 Å². The summed E-state index contributed by atoms with van der Waals surface area (Å²) in [6, 6.07) is 5.42. The molecule has 2 N–H and O–H groups in total. The van der Waals surface area contributed by atoms with Gasteiger partial charge in [0.2, 0.25) is 5.91 Å². The minimum absolute atomic E-state index is 0.00856. The summed E-state index contributed by atoms with van der Waals surface area (Å²) in [5, 5.41) is 6.72. The number of halogens is 2. The molecule has 0 heterocycles. The fraction of sp³-hybridized carbons (Fsp3) is 0.417. The molecule has 1 atom stereocenters. The minimum Gasteiger partial charge on any atom is -0.373 e. The molecule has 0 fully saturated rings. The summed E-state index contributed by atoms with van der Waals surface area (Å²) in [4.78, 5) is 11.7. The Morgan fingerprint density at radius 3 is 2.53 bits per heavy atom. The SMILES string of the molecule is CC(C)NC(=O)C(C)Nc1ccc(Cl)cc1I. The molecule has 1 aromatic carbocycles. The molecule has 0 radical (unpaired) electrons. The molecule has 1 rings (SSSR count). The number of benzene rings is 1. The van der Waals surface area contributed by atoms with Gasteiger partial charge >= 0.3 is 0 Å². The van der Waals surface area contributed by atoms with E-state index in [4.69, 9.17) is 11.6 Å². The largest absolute Gasteiger partial charge is 0.373 e. The maximum absolute atomic E-state index is 11.7. The van der Waals surface area contributed by atoms with E-state index in [1.54, 1.807) is 6.07 Å². The van der Waals surface area contributed by atoms with Gasteiger partial charge in [-0.05, 0) is 61.6 Å². The first kappa shape index (κ1) is 14.6. The van der Waals surface area contributed by atoms with E-state index in [1.807, 2.05) is 32.9 Å². The number of nitrogens with one attached hydrogen (secondary N) is 2. The highest BCUT2D eigenvalue weighted by Gasteiger charge is 2.14. The predicted molar refractivity (Wildman–Crippen MR) is 80.5 cm³/mol. The van der Waals surface area contributed by atoms with Gasteiger partial charge in [0.1, 0.15) is 6.04 Å². The highest BCUT2D eigenvalue weighted by Crippen LogP contribution is 2.22. The second-order valence-electron chi connectivity index (χ2n) is 4.15. The van der Waals surface area contributed by atoms with E-state index < -0.39 is 0 Å². The lowest BCUT2D eigenvalue weighted by Crippen LogP contribution is -2.41. The molecule has 0 aliphatic heterocycles. The quantitative estimate of drug-likeness (QED) is 0.803. The Balaban J connectivity index is 2.67. The fourth-order valence-corrected chi connectivity index (χ4v) is 2.34. The van der Waals surface area contributed by atoms with Crippen LogP contribution in [0, 0.1) is 3.57 Å². The Labute approximate surface area is 120 Å². The van der Waals surface area contributed by atoms with Gasteiger partial charge in [0.25, 0.3) is 0 Å². The molecule has 94 valence electrons. The van der Waals surface area contributed by atoms with Crippen molar-refractivity contribution in [3.63, 3.8) is 0 Å². The molecule has 1 amide bonds. The molecule has 0 aliphatic rings. The lowest BCUT2D eigenvalue weighted by molar-refractivity contribution is -0.122. The summed E-state index contributed by atoms with van der Waals surface area (Å²) in [6.45, 7) is 5.72. The number of rotatable bonds is 4. The second-order valence-corrected chi connectivity index (χ2v) is 5.75. The first-order valence-corrected chi connectivity index (χ1v) is 6.87. The Kier molecular flexibility index (Phi) is 5.52. The number of amides is 1. The van der Waals surface area contributed by atoms with Crippen molar-refractivity contribution < 1.29 is 4.79 Å². The van der Waals surface area contributed by atoms with Crippen LogP contribution >= 0.6 is 34.2 Å². The van der Waals surface area contributed by atoms with Gasteiger partial charge < -0.3 is 10.6 Å². The van der Waals surface area contributed by atoms with Gasteiger partial charge in [-0.1, -0.05) is 11.6 Å². The maximum Gasteiger partial charge on any atom is 0.242 e. The van der Waals surface area contributed by atoms with Crippen LogP contribution in [0.4, 0.5) is 5.69 Å². The molecule has 0 saturated carbocycles. The third kappa shape index (κ3) is 4.71. The summed E-state index contributed by atoms with van der Waals surface area (Å²) < 4.78 is 0.999. The Morgan fingerprint density at radius 2 is 2.00 bits per heavy atom. The van der Waals surface area contributed by atoms with Crippen LogP contribution in [0.1, 0.15) is 20.8 Å². The maximum atomic E-state index is 11.7. The van der Waals surface area contributed by atoms with E-state index in [-0.39, 0.29) is 18.0 Å². The van der Waals surface area contributed by atoms with Crippen molar-refractivity contribution in [2.24, 2.45) is 0 Å². The monoisotopic (exact) mass is 366 g/mol. The molecule has 0 spiro atoms. The van der Waals surface area contributed by atoms with Crippen LogP contribution in [0.15, 0.2) is 18.2 Å². The van der Waals surface area contributed by atoms with Crippen molar-refractivity contribution in [1.29, 1.82) is 0 Å². The van der Waals surface area contributed by atoms with E-state index in [0.29, 0.717) is 5.02 Å². The average Bonchev–Trinajstić information content (AvgIpc) is 2.21. The molecule has 1 aromatic rings. The molecule has 0 saturated heterocycles. The van der Waals surface area contributed by atoms with Crippen molar-refractivity contribution in [3.05, 3.63) is 26.8 Å². The second kappa shape index (κ2) is 6.44. The zero-order chi connectivity index (χ0) is 13.0. The van der Waals surface area contributed by atoms with Gasteiger partial charge in [-0.25, -0.2) is 0 Å². The van der Waals surface area contributed by atoms with Crippen molar-refractivity contribution in [1.82, 2.24) is 5.32 Å². The topological polar surface area (TPSA) is 41.1 Å². The van der Waals surface area contributed by atoms with Crippen molar-refractivity contribution in [2.45, 2.75) is 32.9 Å². The molecule has 1 unspecified atom stereocenters. The molecule has 3 nitrogen and oxygen atoms in total. The summed E-state index contributed by atoms with van der Waals surface area (Å²) in [6.07, 6.45) is 0. The number of anilines is 1. The Hall–Kier alpha value is -0.490. The first-order valence-electron chi connectivity index (χ1n) is 5.42. The van der Waals surface area contributed by atoms with Crippen LogP contribution in [-0.4, -0.2) is 18.0 Å². The van der Waals surface area contributed by atoms with Crippen LogP contribution < -0.4 is 10.6 Å². The van der Waals surface area contributed by atoms with E-state index in [9.17, 15) is 4.79 Å². The van der Waals surface area contributed by atoms with Gasteiger partial charge in [-0.3, -0.25) is 4.79 Å². The number of carbonyl (C=O) groups is 1. The van der Waals surface area contributed by atoms with Crippen LogP contribution in [0.3, 0.4) is 0 Å². The smallest absolute Gasteiger partial charge is 0.242 e. The number of carbonyl (C=O) groups excluding carboxylic acids is 1. The van der Waals surface area contributed by atoms with Gasteiger partial charge in [0.15, 0.2) is 0 Å². The first-order chi connectivity index (χ1) is 7.90. The third-order valence-electron chi connectivity index (χ3n) is 2.13. The van der Waals surface area contributed by atoms with Crippen LogP contribution in [0.25, 0.3) is 0 Å². The third-order valence-corrected chi connectivity index (χ3v) is 3.25. The summed E-state index contributed by atoms with van der Waals surface area (Å²) in [7, 11) is 0. The Morgan fingerprint density at radius 1 is 1.35 bits per heavy atom. The van der Waals surface area contributed by atoms with Gasteiger partial charge in [-0.15, -0.1) is 0 Å². The molecular formula is C12H16ClIN2O. The van der Waals surface area contributed by atoms with E-state index in [0.717, 1.165) is 9.26 Å². The number of hydrogen-bond donors (Lipinski definition) is 2. The number of hydrogen-bond acceptors (Lipinski definition) is 2. The summed E-state index contributed by atoms with van der Waals surface area (Å²) >= 11 is 8.06. The highest BCUT2D eigenvalue weighted by atomic mass is 127. The summed E-state index contributed by atoms with van der Waals surface area (Å²) in [5.74, 6) is -0.00856.